The fraction of sp³-hybridized carbons (Fsp3) is 0.524. The van der Waals surface area contributed by atoms with Crippen LogP contribution in [0.1, 0.15) is 51.0 Å². The van der Waals surface area contributed by atoms with E-state index in [2.05, 4.69) is 22.1 Å². The summed E-state index contributed by atoms with van der Waals surface area (Å²) in [7, 11) is 0. The van der Waals surface area contributed by atoms with Gasteiger partial charge in [0.15, 0.2) is 6.61 Å². The minimum atomic E-state index is -0.785. The number of benzene rings is 1. The zero-order valence-electron chi connectivity index (χ0n) is 15.8. The first-order valence-electron chi connectivity index (χ1n) is 9.39. The Morgan fingerprint density at radius 1 is 1.07 bits per heavy atom. The molecule has 0 aromatic heterocycles. The van der Waals surface area contributed by atoms with Crippen molar-refractivity contribution in [3.63, 3.8) is 0 Å². The molecule has 1 amide bonds. The second-order valence-electron chi connectivity index (χ2n) is 6.17. The van der Waals surface area contributed by atoms with Gasteiger partial charge in [-0.15, -0.1) is 0 Å². The van der Waals surface area contributed by atoms with Crippen LogP contribution < -0.4 is 5.32 Å². The Labute approximate surface area is 175 Å². The molecule has 0 saturated carbocycles. The lowest BCUT2D eigenvalue weighted by Gasteiger charge is -2.17. The number of amides is 1. The fourth-order valence-electron chi connectivity index (χ4n) is 2.51. The summed E-state index contributed by atoms with van der Waals surface area (Å²) in [4.78, 5) is 24.3. The SMILES string of the molecule is CCCCCCCCOC(=O)[C@H](Cc1ccccc1)NC(=O)OCC#CI. The highest BCUT2D eigenvalue weighted by Gasteiger charge is 2.23. The molecular weight excluding hydrogens is 457 g/mol. The highest BCUT2D eigenvalue weighted by atomic mass is 127. The Bertz CT molecular complexity index is 610. The molecule has 27 heavy (non-hydrogen) atoms. The molecule has 1 aromatic carbocycles. The summed E-state index contributed by atoms with van der Waals surface area (Å²) in [6.07, 6.45) is 6.38. The maximum Gasteiger partial charge on any atom is 0.408 e. The third-order valence-electron chi connectivity index (χ3n) is 3.94. The number of hydrogen-bond acceptors (Lipinski definition) is 4. The maximum absolute atomic E-state index is 12.4. The molecule has 148 valence electrons. The molecule has 6 heteroatoms. The Balaban J connectivity index is 2.49. The quantitative estimate of drug-likeness (QED) is 0.203. The zero-order valence-corrected chi connectivity index (χ0v) is 18.0. The molecule has 0 fully saturated rings. The fourth-order valence-corrected chi connectivity index (χ4v) is 2.67. The van der Waals surface area contributed by atoms with Gasteiger partial charge in [0, 0.05) is 29.0 Å². The van der Waals surface area contributed by atoms with Crippen LogP contribution in [0, 0.1) is 9.85 Å². The van der Waals surface area contributed by atoms with Crippen LogP contribution in [0.2, 0.25) is 0 Å². The van der Waals surface area contributed by atoms with Gasteiger partial charge in [0.1, 0.15) is 6.04 Å². The molecule has 5 nitrogen and oxygen atoms in total. The third-order valence-corrected chi connectivity index (χ3v) is 4.33. The van der Waals surface area contributed by atoms with Crippen molar-refractivity contribution in [3.8, 4) is 9.85 Å². The van der Waals surface area contributed by atoms with Crippen molar-refractivity contribution in [2.24, 2.45) is 0 Å². The lowest BCUT2D eigenvalue weighted by atomic mass is 10.1. The molecule has 0 aliphatic rings. The van der Waals surface area contributed by atoms with E-state index in [1.807, 2.05) is 52.9 Å². The summed E-state index contributed by atoms with van der Waals surface area (Å²) in [6.45, 7) is 2.54. The van der Waals surface area contributed by atoms with Crippen molar-refractivity contribution >= 4 is 34.7 Å². The van der Waals surface area contributed by atoms with Gasteiger partial charge >= 0.3 is 12.1 Å². The van der Waals surface area contributed by atoms with Gasteiger partial charge in [-0.25, -0.2) is 9.59 Å². The Morgan fingerprint density at radius 3 is 2.48 bits per heavy atom. The number of hydrogen-bond donors (Lipinski definition) is 1. The van der Waals surface area contributed by atoms with Crippen LogP contribution in [0.15, 0.2) is 30.3 Å². The number of esters is 1. The number of unbranched alkanes of at least 4 members (excludes halogenated alkanes) is 5. The molecule has 1 rings (SSSR count). The van der Waals surface area contributed by atoms with Gasteiger partial charge in [-0.05, 0) is 15.9 Å². The predicted molar refractivity (Wildman–Crippen MR) is 115 cm³/mol. The summed E-state index contributed by atoms with van der Waals surface area (Å²) in [5.74, 6) is 2.19. The van der Waals surface area contributed by atoms with E-state index < -0.39 is 18.1 Å². The molecule has 0 bridgehead atoms. The Hall–Kier alpha value is -1.75. The van der Waals surface area contributed by atoms with Crippen molar-refractivity contribution in [1.29, 1.82) is 0 Å². The van der Waals surface area contributed by atoms with Crippen LogP contribution in [0.4, 0.5) is 4.79 Å². The van der Waals surface area contributed by atoms with Gasteiger partial charge in [-0.1, -0.05) is 75.3 Å². The normalized spacial score (nSPS) is 11.0. The van der Waals surface area contributed by atoms with E-state index in [0.29, 0.717) is 13.0 Å². The summed E-state index contributed by atoms with van der Waals surface area (Å²) < 4.78 is 12.9. The highest BCUT2D eigenvalue weighted by molar-refractivity contribution is 14.1. The molecule has 0 spiro atoms. The van der Waals surface area contributed by atoms with Crippen LogP contribution in [-0.4, -0.2) is 31.3 Å². The Kier molecular flexibility index (Phi) is 13.2. The average Bonchev–Trinajstić information content (AvgIpc) is 2.67. The van der Waals surface area contributed by atoms with Gasteiger partial charge in [-0.2, -0.15) is 0 Å². The molecule has 0 aliphatic carbocycles. The van der Waals surface area contributed by atoms with Crippen LogP contribution in [0.3, 0.4) is 0 Å². The van der Waals surface area contributed by atoms with Gasteiger partial charge in [0.2, 0.25) is 0 Å². The summed E-state index contributed by atoms with van der Waals surface area (Å²) in [6, 6.07) is 8.71. The van der Waals surface area contributed by atoms with Crippen LogP contribution >= 0.6 is 22.6 Å². The van der Waals surface area contributed by atoms with Crippen molar-refractivity contribution < 1.29 is 19.1 Å². The number of ether oxygens (including phenoxy) is 2. The number of carbonyl (C=O) groups is 2. The first-order chi connectivity index (χ1) is 13.2. The summed E-state index contributed by atoms with van der Waals surface area (Å²) in [5.41, 5.74) is 0.936. The lowest BCUT2D eigenvalue weighted by molar-refractivity contribution is -0.146. The van der Waals surface area contributed by atoms with Gasteiger partial charge in [-0.3, -0.25) is 0 Å². The smallest absolute Gasteiger partial charge is 0.408 e. The zero-order chi connectivity index (χ0) is 19.7. The van der Waals surface area contributed by atoms with Gasteiger partial charge in [0.25, 0.3) is 0 Å². The monoisotopic (exact) mass is 485 g/mol. The molecule has 0 saturated heterocycles. The first kappa shape index (κ1) is 23.3. The van der Waals surface area contributed by atoms with E-state index in [9.17, 15) is 9.59 Å². The molecular formula is C21H28INO4. The average molecular weight is 485 g/mol. The molecule has 0 radical (unpaired) electrons. The highest BCUT2D eigenvalue weighted by Crippen LogP contribution is 2.08. The largest absolute Gasteiger partial charge is 0.464 e. The number of nitrogens with one attached hydrogen (secondary N) is 1. The molecule has 0 heterocycles. The number of carbonyl (C=O) groups excluding carboxylic acids is 2. The van der Waals surface area contributed by atoms with E-state index in [-0.39, 0.29) is 6.61 Å². The minimum Gasteiger partial charge on any atom is -0.464 e. The third kappa shape index (κ3) is 11.5. The van der Waals surface area contributed by atoms with Gasteiger partial charge < -0.3 is 14.8 Å². The van der Waals surface area contributed by atoms with Crippen LogP contribution in [-0.2, 0) is 20.7 Å². The number of rotatable bonds is 12. The number of halogens is 1. The minimum absolute atomic E-state index is 0.0142. The molecule has 1 N–H and O–H groups in total. The number of alkyl carbamates (subject to hydrolysis) is 1. The standard InChI is InChI=1S/C21H28INO4/c1-2-3-4-5-6-10-15-26-20(24)19(17-18-12-8-7-9-13-18)23-21(25)27-16-11-14-22/h7-9,12-13,19H,2-6,10,15-17H2,1H3,(H,23,25)/t19-/m0/s1. The van der Waals surface area contributed by atoms with E-state index >= 15 is 0 Å². The van der Waals surface area contributed by atoms with Crippen LogP contribution in [0.25, 0.3) is 0 Å². The molecule has 1 aromatic rings. The van der Waals surface area contributed by atoms with Crippen molar-refractivity contribution in [3.05, 3.63) is 35.9 Å². The molecule has 0 unspecified atom stereocenters. The summed E-state index contributed by atoms with van der Waals surface area (Å²) >= 11 is 1.87. The van der Waals surface area contributed by atoms with E-state index in [4.69, 9.17) is 9.47 Å². The lowest BCUT2D eigenvalue weighted by Crippen LogP contribution is -2.43. The predicted octanol–water partition coefficient (Wildman–Crippen LogP) is 4.62. The molecule has 1 atom stereocenters. The van der Waals surface area contributed by atoms with Crippen molar-refractivity contribution in [2.75, 3.05) is 13.2 Å². The maximum atomic E-state index is 12.4. The first-order valence-corrected chi connectivity index (χ1v) is 10.5. The van der Waals surface area contributed by atoms with Crippen molar-refractivity contribution in [1.82, 2.24) is 5.32 Å². The topological polar surface area (TPSA) is 64.6 Å². The molecule has 0 aliphatic heterocycles. The second-order valence-corrected chi connectivity index (χ2v) is 6.71. The Morgan fingerprint density at radius 2 is 1.78 bits per heavy atom. The van der Waals surface area contributed by atoms with E-state index in [1.165, 1.54) is 19.3 Å². The second kappa shape index (κ2) is 15.3. The summed E-state index contributed by atoms with van der Waals surface area (Å²) in [5, 5.41) is 2.59. The van der Waals surface area contributed by atoms with Crippen LogP contribution in [0.5, 0.6) is 0 Å². The van der Waals surface area contributed by atoms with Crippen molar-refractivity contribution in [2.45, 2.75) is 57.9 Å². The van der Waals surface area contributed by atoms with Gasteiger partial charge in [0.05, 0.1) is 6.61 Å². The van der Waals surface area contributed by atoms with E-state index in [0.717, 1.165) is 24.8 Å². The van der Waals surface area contributed by atoms with E-state index in [1.54, 1.807) is 0 Å².